The lowest BCUT2D eigenvalue weighted by Gasteiger charge is -2.19. The first-order valence-corrected chi connectivity index (χ1v) is 8.81. The molecule has 0 aromatic heterocycles. The first-order chi connectivity index (χ1) is 11.3. The molecule has 0 aliphatic carbocycles. The Morgan fingerprint density at radius 3 is 2.17 bits per heavy atom. The molecule has 0 unspecified atom stereocenters. The van der Waals surface area contributed by atoms with Crippen molar-refractivity contribution in [3.63, 3.8) is 0 Å². The number of carbonyl (C=O) groups is 1. The summed E-state index contributed by atoms with van der Waals surface area (Å²) in [6.07, 6.45) is 1.07. The molecular weight excluding hydrogens is 341 g/mol. The standard InChI is InChI=1S/C20H23Cl2NO/c1-20(2,3)16-8-4-15(5-9-16)13-23-19(24)11-7-14-6-10-17(21)18(22)12-14/h4-6,8-10,12H,7,11,13H2,1-3H3,(H,23,24). The molecule has 2 nitrogen and oxygen atoms in total. The lowest BCUT2D eigenvalue weighted by Crippen LogP contribution is -2.23. The molecule has 24 heavy (non-hydrogen) atoms. The van der Waals surface area contributed by atoms with Crippen molar-refractivity contribution in [2.45, 2.75) is 45.6 Å². The number of hydrogen-bond donors (Lipinski definition) is 1. The van der Waals surface area contributed by atoms with Gasteiger partial charge in [0, 0.05) is 13.0 Å². The van der Waals surface area contributed by atoms with E-state index in [-0.39, 0.29) is 11.3 Å². The Balaban J connectivity index is 1.81. The molecule has 0 radical (unpaired) electrons. The number of halogens is 2. The average Bonchev–Trinajstić information content (AvgIpc) is 2.53. The van der Waals surface area contributed by atoms with Gasteiger partial charge in [0.15, 0.2) is 0 Å². The van der Waals surface area contributed by atoms with Crippen LogP contribution in [0, 0.1) is 0 Å². The lowest BCUT2D eigenvalue weighted by atomic mass is 9.87. The first kappa shape index (κ1) is 18.8. The number of carbonyl (C=O) groups excluding carboxylic acids is 1. The van der Waals surface area contributed by atoms with Gasteiger partial charge in [-0.15, -0.1) is 0 Å². The van der Waals surface area contributed by atoms with Gasteiger partial charge in [-0.05, 0) is 40.7 Å². The third-order valence-electron chi connectivity index (χ3n) is 3.93. The van der Waals surface area contributed by atoms with Crippen LogP contribution >= 0.6 is 23.2 Å². The molecule has 4 heteroatoms. The minimum absolute atomic E-state index is 0.0287. The van der Waals surface area contributed by atoms with Crippen LogP contribution in [0.3, 0.4) is 0 Å². The summed E-state index contributed by atoms with van der Waals surface area (Å²) in [5.41, 5.74) is 3.54. The quantitative estimate of drug-likeness (QED) is 0.742. The molecule has 0 bridgehead atoms. The Morgan fingerprint density at radius 2 is 1.58 bits per heavy atom. The zero-order chi connectivity index (χ0) is 17.7. The van der Waals surface area contributed by atoms with Gasteiger partial charge in [0.05, 0.1) is 10.0 Å². The van der Waals surface area contributed by atoms with E-state index < -0.39 is 0 Å². The van der Waals surface area contributed by atoms with Crippen molar-refractivity contribution in [2.24, 2.45) is 0 Å². The number of nitrogens with one attached hydrogen (secondary N) is 1. The van der Waals surface area contributed by atoms with Gasteiger partial charge in [0.2, 0.25) is 5.91 Å². The van der Waals surface area contributed by atoms with Crippen LogP contribution in [0.25, 0.3) is 0 Å². The molecule has 0 aliphatic heterocycles. The topological polar surface area (TPSA) is 29.1 Å². The van der Waals surface area contributed by atoms with E-state index in [2.05, 4.69) is 50.4 Å². The number of benzene rings is 2. The Kier molecular flexibility index (Phi) is 6.31. The molecule has 0 fully saturated rings. The molecule has 128 valence electrons. The largest absolute Gasteiger partial charge is 0.352 e. The number of hydrogen-bond acceptors (Lipinski definition) is 1. The van der Waals surface area contributed by atoms with E-state index in [0.717, 1.165) is 11.1 Å². The van der Waals surface area contributed by atoms with Gasteiger partial charge in [-0.3, -0.25) is 4.79 Å². The van der Waals surface area contributed by atoms with E-state index in [1.54, 1.807) is 6.07 Å². The third-order valence-corrected chi connectivity index (χ3v) is 4.67. The van der Waals surface area contributed by atoms with E-state index in [1.165, 1.54) is 5.56 Å². The summed E-state index contributed by atoms with van der Waals surface area (Å²) in [5, 5.41) is 4.01. The second kappa shape index (κ2) is 8.04. The van der Waals surface area contributed by atoms with Gasteiger partial charge in [-0.2, -0.15) is 0 Å². The number of rotatable bonds is 5. The molecule has 1 N–H and O–H groups in total. The van der Waals surface area contributed by atoms with E-state index >= 15 is 0 Å². The normalized spacial score (nSPS) is 11.4. The van der Waals surface area contributed by atoms with Crippen LogP contribution in [0.1, 0.15) is 43.9 Å². The summed E-state index contributed by atoms with van der Waals surface area (Å²) in [6, 6.07) is 13.8. The SMILES string of the molecule is CC(C)(C)c1ccc(CNC(=O)CCc2ccc(Cl)c(Cl)c2)cc1. The van der Waals surface area contributed by atoms with Crippen LogP contribution in [-0.2, 0) is 23.2 Å². The summed E-state index contributed by atoms with van der Waals surface area (Å²) in [7, 11) is 0. The molecular formula is C20H23Cl2NO. The van der Waals surface area contributed by atoms with Crippen LogP contribution in [-0.4, -0.2) is 5.91 Å². The first-order valence-electron chi connectivity index (χ1n) is 8.06. The summed E-state index contributed by atoms with van der Waals surface area (Å²) < 4.78 is 0. The highest BCUT2D eigenvalue weighted by Gasteiger charge is 2.12. The van der Waals surface area contributed by atoms with Gasteiger partial charge >= 0.3 is 0 Å². The molecule has 0 saturated carbocycles. The van der Waals surface area contributed by atoms with Gasteiger partial charge in [0.25, 0.3) is 0 Å². The Labute approximate surface area is 154 Å². The molecule has 2 rings (SSSR count). The van der Waals surface area contributed by atoms with Crippen molar-refractivity contribution in [3.8, 4) is 0 Å². The average molecular weight is 364 g/mol. The van der Waals surface area contributed by atoms with Crippen molar-refractivity contribution in [2.75, 3.05) is 0 Å². The predicted molar refractivity (Wildman–Crippen MR) is 102 cm³/mol. The fourth-order valence-corrected chi connectivity index (χ4v) is 2.69. The zero-order valence-corrected chi connectivity index (χ0v) is 15.8. The predicted octanol–water partition coefficient (Wildman–Crippen LogP) is 5.54. The molecule has 2 aromatic rings. The fourth-order valence-electron chi connectivity index (χ4n) is 2.36. The maximum atomic E-state index is 12.0. The van der Waals surface area contributed by atoms with Crippen molar-refractivity contribution in [3.05, 3.63) is 69.2 Å². The highest BCUT2D eigenvalue weighted by molar-refractivity contribution is 6.42. The molecule has 0 heterocycles. The van der Waals surface area contributed by atoms with Crippen molar-refractivity contribution in [1.29, 1.82) is 0 Å². The molecule has 1 amide bonds. The fraction of sp³-hybridized carbons (Fsp3) is 0.350. The Bertz CT molecular complexity index is 703. The summed E-state index contributed by atoms with van der Waals surface area (Å²) >= 11 is 11.9. The van der Waals surface area contributed by atoms with Crippen molar-refractivity contribution in [1.82, 2.24) is 5.32 Å². The molecule has 0 atom stereocenters. The number of amides is 1. The molecule has 0 saturated heterocycles. The van der Waals surface area contributed by atoms with Gasteiger partial charge in [-0.25, -0.2) is 0 Å². The summed E-state index contributed by atoms with van der Waals surface area (Å²) in [4.78, 5) is 12.0. The highest BCUT2D eigenvalue weighted by atomic mass is 35.5. The van der Waals surface area contributed by atoms with Crippen molar-refractivity contribution < 1.29 is 4.79 Å². The molecule has 0 aliphatic rings. The third kappa shape index (κ3) is 5.54. The van der Waals surface area contributed by atoms with Crippen LogP contribution in [0.5, 0.6) is 0 Å². The second-order valence-corrected chi connectivity index (χ2v) is 7.79. The van der Waals surface area contributed by atoms with E-state index in [1.807, 2.05) is 12.1 Å². The van der Waals surface area contributed by atoms with Crippen LogP contribution in [0.15, 0.2) is 42.5 Å². The van der Waals surface area contributed by atoms with E-state index in [0.29, 0.717) is 29.4 Å². The molecule has 0 spiro atoms. The van der Waals surface area contributed by atoms with Crippen LogP contribution < -0.4 is 5.32 Å². The van der Waals surface area contributed by atoms with Crippen LogP contribution in [0.2, 0.25) is 10.0 Å². The van der Waals surface area contributed by atoms with Crippen molar-refractivity contribution >= 4 is 29.1 Å². The Hall–Kier alpha value is -1.51. The molecule has 2 aromatic carbocycles. The van der Waals surface area contributed by atoms with Gasteiger partial charge in [-0.1, -0.05) is 74.3 Å². The smallest absolute Gasteiger partial charge is 0.220 e. The highest BCUT2D eigenvalue weighted by Crippen LogP contribution is 2.23. The number of aryl methyl sites for hydroxylation is 1. The summed E-state index contributed by atoms with van der Waals surface area (Å²) in [6.45, 7) is 7.11. The zero-order valence-electron chi connectivity index (χ0n) is 14.3. The minimum atomic E-state index is 0.0287. The lowest BCUT2D eigenvalue weighted by molar-refractivity contribution is -0.121. The van der Waals surface area contributed by atoms with Gasteiger partial charge in [0.1, 0.15) is 0 Å². The van der Waals surface area contributed by atoms with E-state index in [4.69, 9.17) is 23.2 Å². The Morgan fingerprint density at radius 1 is 0.958 bits per heavy atom. The van der Waals surface area contributed by atoms with E-state index in [9.17, 15) is 4.79 Å². The monoisotopic (exact) mass is 363 g/mol. The maximum absolute atomic E-state index is 12.0. The minimum Gasteiger partial charge on any atom is -0.352 e. The van der Waals surface area contributed by atoms with Crippen LogP contribution in [0.4, 0.5) is 0 Å². The summed E-state index contributed by atoms with van der Waals surface area (Å²) in [5.74, 6) is 0.0287. The second-order valence-electron chi connectivity index (χ2n) is 6.97. The maximum Gasteiger partial charge on any atom is 0.220 e. The van der Waals surface area contributed by atoms with Gasteiger partial charge < -0.3 is 5.32 Å².